The number of H-pyrrole nitrogens is 1. The van der Waals surface area contributed by atoms with E-state index in [-0.39, 0.29) is 5.69 Å². The first-order chi connectivity index (χ1) is 10.5. The van der Waals surface area contributed by atoms with Gasteiger partial charge in [-0.2, -0.15) is 0 Å². The Bertz CT molecular complexity index is 818. The number of halogens is 1. The maximum Gasteiger partial charge on any atom is 0.352 e. The Morgan fingerprint density at radius 1 is 1.36 bits per heavy atom. The van der Waals surface area contributed by atoms with Gasteiger partial charge in [-0.3, -0.25) is 0 Å². The Labute approximate surface area is 135 Å². The lowest BCUT2D eigenvalue weighted by Crippen LogP contribution is -1.95. The van der Waals surface area contributed by atoms with Crippen molar-refractivity contribution in [1.29, 1.82) is 0 Å². The number of hydrogen-bond donors (Lipinski definition) is 2. The van der Waals surface area contributed by atoms with Gasteiger partial charge in [0.25, 0.3) is 0 Å². The number of carbonyl (C=O) groups is 1. The number of nitrogens with one attached hydrogen (secondary N) is 1. The minimum atomic E-state index is -0.971. The molecule has 6 heteroatoms. The molecule has 0 saturated heterocycles. The van der Waals surface area contributed by atoms with Gasteiger partial charge in [-0.15, -0.1) is 0 Å². The van der Waals surface area contributed by atoms with Crippen LogP contribution in [0.1, 0.15) is 27.4 Å². The van der Waals surface area contributed by atoms with Crippen LogP contribution in [0.3, 0.4) is 0 Å². The number of nitrogens with zero attached hydrogens (tertiary/aromatic N) is 1. The monoisotopic (exact) mass is 360 g/mol. The minimum Gasteiger partial charge on any atom is -0.477 e. The molecular formula is C16H13BrN2O3. The number of hydrogen-bond acceptors (Lipinski definition) is 3. The lowest BCUT2D eigenvalue weighted by atomic mass is 10.0. The van der Waals surface area contributed by atoms with Crippen molar-refractivity contribution in [3.05, 3.63) is 63.6 Å². The average molecular weight is 361 g/mol. The summed E-state index contributed by atoms with van der Waals surface area (Å²) in [5.41, 5.74) is 3.75. The summed E-state index contributed by atoms with van der Waals surface area (Å²) in [6.45, 7) is 1.86. The Hall–Kier alpha value is -2.34. The number of carboxylic acids is 1. The highest BCUT2D eigenvalue weighted by Crippen LogP contribution is 2.28. The first kappa shape index (κ1) is 14.6. The van der Waals surface area contributed by atoms with Crippen molar-refractivity contribution in [3.63, 3.8) is 0 Å². The van der Waals surface area contributed by atoms with Gasteiger partial charge in [-0.05, 0) is 30.7 Å². The standard InChI is InChI=1S/C16H13BrN2O3/c1-9-13(6-10-7-14(16(20)21)18-8-10)15(19-22-9)11-2-4-12(17)5-3-11/h2-5,7-8,18H,6H2,1H3,(H,20,21). The number of aromatic amines is 1. The van der Waals surface area contributed by atoms with Crippen LogP contribution in [0, 0.1) is 6.92 Å². The van der Waals surface area contributed by atoms with E-state index >= 15 is 0 Å². The largest absolute Gasteiger partial charge is 0.477 e. The second-order valence-electron chi connectivity index (χ2n) is 4.98. The van der Waals surface area contributed by atoms with E-state index in [9.17, 15) is 4.79 Å². The van der Waals surface area contributed by atoms with E-state index in [4.69, 9.17) is 9.63 Å². The summed E-state index contributed by atoms with van der Waals surface area (Å²) in [6.07, 6.45) is 2.26. The third kappa shape index (κ3) is 2.82. The number of aromatic carboxylic acids is 1. The highest BCUT2D eigenvalue weighted by atomic mass is 79.9. The molecule has 0 amide bonds. The molecule has 0 fully saturated rings. The minimum absolute atomic E-state index is 0.175. The lowest BCUT2D eigenvalue weighted by Gasteiger charge is -2.02. The summed E-state index contributed by atoms with van der Waals surface area (Å²) < 4.78 is 6.31. The molecule has 2 aromatic heterocycles. The van der Waals surface area contributed by atoms with Crippen LogP contribution in [0.25, 0.3) is 11.3 Å². The van der Waals surface area contributed by atoms with Gasteiger partial charge in [0.2, 0.25) is 0 Å². The summed E-state index contributed by atoms with van der Waals surface area (Å²) in [5.74, 6) is -0.239. The fourth-order valence-corrected chi connectivity index (χ4v) is 2.57. The van der Waals surface area contributed by atoms with Gasteiger partial charge >= 0.3 is 5.97 Å². The summed E-state index contributed by atoms with van der Waals surface area (Å²) in [7, 11) is 0. The predicted molar refractivity (Wildman–Crippen MR) is 84.9 cm³/mol. The molecule has 22 heavy (non-hydrogen) atoms. The fraction of sp³-hybridized carbons (Fsp3) is 0.125. The van der Waals surface area contributed by atoms with Gasteiger partial charge in [0, 0.05) is 28.2 Å². The smallest absolute Gasteiger partial charge is 0.352 e. The molecule has 0 aliphatic carbocycles. The van der Waals surface area contributed by atoms with Crippen LogP contribution in [0.4, 0.5) is 0 Å². The summed E-state index contributed by atoms with van der Waals surface area (Å²) in [5, 5.41) is 13.1. The third-order valence-electron chi connectivity index (χ3n) is 3.46. The van der Waals surface area contributed by atoms with Crippen molar-refractivity contribution in [2.45, 2.75) is 13.3 Å². The average Bonchev–Trinajstić information content (AvgIpc) is 3.09. The molecule has 0 aliphatic heterocycles. The fourth-order valence-electron chi connectivity index (χ4n) is 2.30. The molecule has 0 atom stereocenters. The lowest BCUT2D eigenvalue weighted by molar-refractivity contribution is 0.0691. The Morgan fingerprint density at radius 2 is 2.09 bits per heavy atom. The Balaban J connectivity index is 1.95. The maximum absolute atomic E-state index is 10.9. The highest BCUT2D eigenvalue weighted by molar-refractivity contribution is 9.10. The predicted octanol–water partition coefficient (Wildman–Crippen LogP) is 4.03. The molecule has 0 radical (unpaired) electrons. The Kier molecular flexibility index (Phi) is 3.85. The number of carboxylic acid groups (broad SMARTS) is 1. The number of aromatic nitrogens is 2. The van der Waals surface area contributed by atoms with Crippen molar-refractivity contribution < 1.29 is 14.4 Å². The number of aryl methyl sites for hydroxylation is 1. The SMILES string of the molecule is Cc1onc(-c2ccc(Br)cc2)c1Cc1c[nH]c(C(=O)O)c1. The summed E-state index contributed by atoms with van der Waals surface area (Å²) >= 11 is 3.41. The maximum atomic E-state index is 10.9. The molecule has 2 heterocycles. The quantitative estimate of drug-likeness (QED) is 0.735. The highest BCUT2D eigenvalue weighted by Gasteiger charge is 2.16. The molecule has 0 unspecified atom stereocenters. The van der Waals surface area contributed by atoms with Crippen LogP contribution in [-0.2, 0) is 6.42 Å². The van der Waals surface area contributed by atoms with Crippen LogP contribution in [-0.4, -0.2) is 21.2 Å². The van der Waals surface area contributed by atoms with Crippen LogP contribution >= 0.6 is 15.9 Å². The second-order valence-corrected chi connectivity index (χ2v) is 5.89. The zero-order chi connectivity index (χ0) is 15.7. The van der Waals surface area contributed by atoms with E-state index in [0.29, 0.717) is 6.42 Å². The molecular weight excluding hydrogens is 348 g/mol. The first-order valence-corrected chi connectivity index (χ1v) is 7.45. The molecule has 5 nitrogen and oxygen atoms in total. The molecule has 2 N–H and O–H groups in total. The van der Waals surface area contributed by atoms with Crippen molar-refractivity contribution in [2.24, 2.45) is 0 Å². The normalized spacial score (nSPS) is 10.8. The van der Waals surface area contributed by atoms with Crippen LogP contribution < -0.4 is 0 Å². The first-order valence-electron chi connectivity index (χ1n) is 6.66. The van der Waals surface area contributed by atoms with Gasteiger partial charge in [-0.25, -0.2) is 4.79 Å². The molecule has 3 rings (SSSR count). The molecule has 1 aromatic carbocycles. The van der Waals surface area contributed by atoms with Gasteiger partial charge in [0.15, 0.2) is 0 Å². The molecule has 0 saturated carbocycles. The molecule has 0 bridgehead atoms. The van der Waals surface area contributed by atoms with Crippen LogP contribution in [0.15, 0.2) is 45.5 Å². The van der Waals surface area contributed by atoms with E-state index in [1.54, 1.807) is 12.3 Å². The molecule has 112 valence electrons. The van der Waals surface area contributed by atoms with Gasteiger partial charge in [0.1, 0.15) is 17.1 Å². The summed E-state index contributed by atoms with van der Waals surface area (Å²) in [6, 6.07) is 9.44. The van der Waals surface area contributed by atoms with E-state index in [2.05, 4.69) is 26.1 Å². The topological polar surface area (TPSA) is 79.1 Å². The Morgan fingerprint density at radius 3 is 2.73 bits per heavy atom. The van der Waals surface area contributed by atoms with Gasteiger partial charge in [0.05, 0.1) is 0 Å². The summed E-state index contributed by atoms with van der Waals surface area (Å²) in [4.78, 5) is 13.7. The molecule has 3 aromatic rings. The molecule has 0 spiro atoms. The van der Waals surface area contributed by atoms with Crippen LogP contribution in [0.5, 0.6) is 0 Å². The van der Waals surface area contributed by atoms with Crippen molar-refractivity contribution in [1.82, 2.24) is 10.1 Å². The van der Waals surface area contributed by atoms with Gasteiger partial charge < -0.3 is 14.6 Å². The zero-order valence-corrected chi connectivity index (χ0v) is 13.3. The zero-order valence-electron chi connectivity index (χ0n) is 11.8. The van der Waals surface area contributed by atoms with Crippen molar-refractivity contribution in [3.8, 4) is 11.3 Å². The second kappa shape index (κ2) is 5.81. The third-order valence-corrected chi connectivity index (χ3v) is 3.99. The number of benzene rings is 1. The molecule has 0 aliphatic rings. The van der Waals surface area contributed by atoms with E-state index in [0.717, 1.165) is 32.6 Å². The van der Waals surface area contributed by atoms with E-state index in [1.807, 2.05) is 31.2 Å². The van der Waals surface area contributed by atoms with E-state index < -0.39 is 5.97 Å². The van der Waals surface area contributed by atoms with E-state index in [1.165, 1.54) is 0 Å². The van der Waals surface area contributed by atoms with Crippen molar-refractivity contribution >= 4 is 21.9 Å². The van der Waals surface area contributed by atoms with Crippen LogP contribution in [0.2, 0.25) is 0 Å². The van der Waals surface area contributed by atoms with Crippen molar-refractivity contribution in [2.75, 3.05) is 0 Å². The number of rotatable bonds is 4. The van der Waals surface area contributed by atoms with Gasteiger partial charge in [-0.1, -0.05) is 33.2 Å².